The van der Waals surface area contributed by atoms with Gasteiger partial charge in [0.25, 0.3) is 0 Å². The Morgan fingerprint density at radius 3 is 2.83 bits per heavy atom. The second-order valence-electron chi connectivity index (χ2n) is 6.39. The molecule has 0 radical (unpaired) electrons. The fourth-order valence-electron chi connectivity index (χ4n) is 3.25. The predicted molar refractivity (Wildman–Crippen MR) is 73.2 cm³/mol. The summed E-state index contributed by atoms with van der Waals surface area (Å²) in [5, 5.41) is 3.27. The normalized spacial score (nSPS) is 29.1. The molecule has 2 aliphatic rings. The van der Waals surface area contributed by atoms with E-state index in [0.717, 1.165) is 19.4 Å². The quantitative estimate of drug-likeness (QED) is 0.789. The van der Waals surface area contributed by atoms with Crippen molar-refractivity contribution in [1.82, 2.24) is 10.2 Å². The van der Waals surface area contributed by atoms with Crippen LogP contribution in [0, 0.1) is 5.41 Å². The average molecular weight is 253 g/mol. The topological polar surface area (TPSA) is 58.4 Å². The molecule has 2 fully saturated rings. The molecule has 2 atom stereocenters. The third-order valence-corrected chi connectivity index (χ3v) is 4.56. The first-order valence-electron chi connectivity index (χ1n) is 7.30. The number of piperidine rings is 1. The van der Waals surface area contributed by atoms with E-state index in [9.17, 15) is 4.79 Å². The summed E-state index contributed by atoms with van der Waals surface area (Å²) in [6, 6.07) is 0.936. The molecular formula is C14H27N3O. The average Bonchev–Trinajstić information content (AvgIpc) is 2.73. The van der Waals surface area contributed by atoms with Crippen LogP contribution in [0.3, 0.4) is 0 Å². The highest BCUT2D eigenvalue weighted by molar-refractivity contribution is 5.82. The molecule has 0 saturated carbocycles. The Balaban J connectivity index is 1.91. The van der Waals surface area contributed by atoms with Crippen LogP contribution in [0.25, 0.3) is 0 Å². The van der Waals surface area contributed by atoms with Crippen LogP contribution in [-0.2, 0) is 4.79 Å². The molecular weight excluding hydrogens is 226 g/mol. The Hall–Kier alpha value is -0.610. The summed E-state index contributed by atoms with van der Waals surface area (Å²) in [5.74, 6) is 0.172. The molecule has 2 saturated heterocycles. The van der Waals surface area contributed by atoms with E-state index in [1.165, 1.54) is 25.8 Å². The first-order valence-corrected chi connectivity index (χ1v) is 7.30. The van der Waals surface area contributed by atoms with Gasteiger partial charge in [0.15, 0.2) is 0 Å². The van der Waals surface area contributed by atoms with Crippen molar-refractivity contribution < 1.29 is 4.79 Å². The summed E-state index contributed by atoms with van der Waals surface area (Å²) in [5.41, 5.74) is 5.24. The zero-order valence-electron chi connectivity index (χ0n) is 11.7. The van der Waals surface area contributed by atoms with Gasteiger partial charge in [-0.2, -0.15) is 0 Å². The third-order valence-electron chi connectivity index (χ3n) is 4.56. The SMILES string of the molecule is CC(C)(CCN)C(=O)NC1CCN2CCCCC12. The first kappa shape index (κ1) is 13.8. The molecule has 2 aliphatic heterocycles. The molecule has 0 aromatic carbocycles. The van der Waals surface area contributed by atoms with E-state index < -0.39 is 0 Å². The Morgan fingerprint density at radius 1 is 1.33 bits per heavy atom. The number of carbonyl (C=O) groups is 1. The molecule has 2 unspecified atom stereocenters. The summed E-state index contributed by atoms with van der Waals surface area (Å²) >= 11 is 0. The van der Waals surface area contributed by atoms with Crippen LogP contribution in [0.2, 0.25) is 0 Å². The molecule has 104 valence electrons. The van der Waals surface area contributed by atoms with Gasteiger partial charge in [0, 0.05) is 24.0 Å². The standard InChI is InChI=1S/C14H27N3O/c1-14(2,7-8-15)13(18)16-11-6-10-17-9-4-3-5-12(11)17/h11-12H,3-10,15H2,1-2H3,(H,16,18). The van der Waals surface area contributed by atoms with Crippen LogP contribution < -0.4 is 11.1 Å². The monoisotopic (exact) mass is 253 g/mol. The molecule has 0 bridgehead atoms. The summed E-state index contributed by atoms with van der Waals surface area (Å²) in [7, 11) is 0. The highest BCUT2D eigenvalue weighted by Crippen LogP contribution is 2.28. The van der Waals surface area contributed by atoms with Crippen molar-refractivity contribution in [3.05, 3.63) is 0 Å². The van der Waals surface area contributed by atoms with Crippen LogP contribution in [0.5, 0.6) is 0 Å². The first-order chi connectivity index (χ1) is 8.54. The highest BCUT2D eigenvalue weighted by atomic mass is 16.2. The van der Waals surface area contributed by atoms with Gasteiger partial charge in [0.1, 0.15) is 0 Å². The summed E-state index contributed by atoms with van der Waals surface area (Å²) in [6.07, 6.45) is 5.72. The second kappa shape index (κ2) is 5.57. The van der Waals surface area contributed by atoms with Gasteiger partial charge in [0.05, 0.1) is 0 Å². The lowest BCUT2D eigenvalue weighted by atomic mass is 9.87. The Labute approximate surface area is 110 Å². The minimum absolute atomic E-state index is 0.172. The van der Waals surface area contributed by atoms with E-state index in [1.54, 1.807) is 0 Å². The predicted octanol–water partition coefficient (Wildman–Crippen LogP) is 1.10. The molecule has 2 rings (SSSR count). The van der Waals surface area contributed by atoms with Crippen molar-refractivity contribution in [2.45, 2.75) is 58.0 Å². The maximum atomic E-state index is 12.3. The largest absolute Gasteiger partial charge is 0.351 e. The smallest absolute Gasteiger partial charge is 0.225 e. The lowest BCUT2D eigenvalue weighted by Crippen LogP contribution is -2.50. The molecule has 0 spiro atoms. The molecule has 0 aliphatic carbocycles. The lowest BCUT2D eigenvalue weighted by Gasteiger charge is -2.34. The highest BCUT2D eigenvalue weighted by Gasteiger charge is 2.38. The molecule has 1 amide bonds. The number of carbonyl (C=O) groups excluding carboxylic acids is 1. The fraction of sp³-hybridized carbons (Fsp3) is 0.929. The van der Waals surface area contributed by atoms with E-state index in [-0.39, 0.29) is 11.3 Å². The van der Waals surface area contributed by atoms with Gasteiger partial charge in [-0.05, 0) is 38.8 Å². The van der Waals surface area contributed by atoms with Crippen molar-refractivity contribution >= 4 is 5.91 Å². The van der Waals surface area contributed by atoms with Crippen molar-refractivity contribution in [2.24, 2.45) is 11.1 Å². The number of fused-ring (bicyclic) bond motifs is 1. The minimum Gasteiger partial charge on any atom is -0.351 e. The lowest BCUT2D eigenvalue weighted by molar-refractivity contribution is -0.130. The van der Waals surface area contributed by atoms with E-state index in [4.69, 9.17) is 5.73 Å². The second-order valence-corrected chi connectivity index (χ2v) is 6.39. The van der Waals surface area contributed by atoms with E-state index >= 15 is 0 Å². The van der Waals surface area contributed by atoms with Gasteiger partial charge in [-0.1, -0.05) is 20.3 Å². The van der Waals surface area contributed by atoms with Gasteiger partial charge in [-0.3, -0.25) is 9.69 Å². The van der Waals surface area contributed by atoms with Crippen molar-refractivity contribution in [1.29, 1.82) is 0 Å². The van der Waals surface area contributed by atoms with Gasteiger partial charge in [-0.15, -0.1) is 0 Å². The Kier molecular flexibility index (Phi) is 4.28. The molecule has 0 aromatic heterocycles. The van der Waals surface area contributed by atoms with Crippen LogP contribution in [0.4, 0.5) is 0 Å². The molecule has 2 heterocycles. The van der Waals surface area contributed by atoms with Crippen LogP contribution >= 0.6 is 0 Å². The number of amides is 1. The maximum absolute atomic E-state index is 12.3. The number of nitrogens with one attached hydrogen (secondary N) is 1. The summed E-state index contributed by atoms with van der Waals surface area (Å²) < 4.78 is 0. The molecule has 4 nitrogen and oxygen atoms in total. The fourth-order valence-corrected chi connectivity index (χ4v) is 3.25. The number of nitrogens with zero attached hydrogens (tertiary/aromatic N) is 1. The summed E-state index contributed by atoms with van der Waals surface area (Å²) in [4.78, 5) is 14.8. The van der Waals surface area contributed by atoms with Gasteiger partial charge in [-0.25, -0.2) is 0 Å². The molecule has 4 heteroatoms. The zero-order valence-corrected chi connectivity index (χ0v) is 11.7. The number of rotatable bonds is 4. The van der Waals surface area contributed by atoms with E-state index in [2.05, 4.69) is 10.2 Å². The minimum atomic E-state index is -0.336. The van der Waals surface area contributed by atoms with E-state index in [1.807, 2.05) is 13.8 Å². The molecule has 0 aromatic rings. The van der Waals surface area contributed by atoms with Gasteiger partial charge >= 0.3 is 0 Å². The third kappa shape index (κ3) is 2.86. The van der Waals surface area contributed by atoms with Gasteiger partial charge < -0.3 is 11.1 Å². The van der Waals surface area contributed by atoms with Crippen LogP contribution in [0.15, 0.2) is 0 Å². The zero-order chi connectivity index (χ0) is 13.2. The number of hydrogen-bond donors (Lipinski definition) is 2. The van der Waals surface area contributed by atoms with E-state index in [0.29, 0.717) is 18.6 Å². The van der Waals surface area contributed by atoms with Crippen molar-refractivity contribution in [3.63, 3.8) is 0 Å². The number of nitrogens with two attached hydrogens (primary N) is 1. The molecule has 3 N–H and O–H groups in total. The Morgan fingerprint density at radius 2 is 2.11 bits per heavy atom. The van der Waals surface area contributed by atoms with Crippen LogP contribution in [-0.4, -0.2) is 42.5 Å². The van der Waals surface area contributed by atoms with Crippen LogP contribution in [0.1, 0.15) is 46.0 Å². The van der Waals surface area contributed by atoms with Gasteiger partial charge in [0.2, 0.25) is 5.91 Å². The Bertz CT molecular complexity index is 303. The van der Waals surface area contributed by atoms with Crippen molar-refractivity contribution in [2.75, 3.05) is 19.6 Å². The number of hydrogen-bond acceptors (Lipinski definition) is 3. The summed E-state index contributed by atoms with van der Waals surface area (Å²) in [6.45, 7) is 6.91. The molecule has 18 heavy (non-hydrogen) atoms. The maximum Gasteiger partial charge on any atom is 0.225 e. The van der Waals surface area contributed by atoms with Crippen molar-refractivity contribution in [3.8, 4) is 0 Å².